The van der Waals surface area contributed by atoms with Crippen LogP contribution in [0.1, 0.15) is 49.2 Å². The van der Waals surface area contributed by atoms with Crippen LogP contribution >= 0.6 is 0 Å². The summed E-state index contributed by atoms with van der Waals surface area (Å²) in [5.41, 5.74) is 2.56. The van der Waals surface area contributed by atoms with Crippen LogP contribution in [0.4, 0.5) is 5.82 Å². The second-order valence-corrected chi connectivity index (χ2v) is 7.94. The number of hydrogen-bond donors (Lipinski definition) is 0. The van der Waals surface area contributed by atoms with Gasteiger partial charge in [-0.15, -0.1) is 0 Å². The molecule has 0 radical (unpaired) electrons. The molecule has 4 rings (SSSR count). The fourth-order valence-corrected chi connectivity index (χ4v) is 4.63. The molecule has 3 fully saturated rings. The van der Waals surface area contributed by atoms with Crippen molar-refractivity contribution < 1.29 is 4.79 Å². The lowest BCUT2D eigenvalue weighted by Gasteiger charge is -2.35. The van der Waals surface area contributed by atoms with Gasteiger partial charge < -0.3 is 9.80 Å². The number of hydrogen-bond acceptors (Lipinski definition) is 4. The molecule has 1 amide bonds. The van der Waals surface area contributed by atoms with Gasteiger partial charge >= 0.3 is 0 Å². The molecule has 3 heterocycles. The van der Waals surface area contributed by atoms with E-state index in [2.05, 4.69) is 33.6 Å². The Labute approximate surface area is 144 Å². The molecule has 0 unspecified atom stereocenters. The highest BCUT2D eigenvalue weighted by molar-refractivity contribution is 5.83. The second-order valence-electron chi connectivity index (χ2n) is 7.94. The fourth-order valence-electron chi connectivity index (χ4n) is 4.63. The molecule has 0 N–H and O–H groups in total. The molecule has 1 atom stereocenters. The molecule has 1 spiro atoms. The van der Waals surface area contributed by atoms with E-state index < -0.39 is 0 Å². The summed E-state index contributed by atoms with van der Waals surface area (Å²) in [5.74, 6) is 2.68. The molecule has 2 saturated heterocycles. The molecule has 24 heavy (non-hydrogen) atoms. The summed E-state index contributed by atoms with van der Waals surface area (Å²) in [7, 11) is 0. The summed E-state index contributed by atoms with van der Waals surface area (Å²) < 4.78 is 0. The Morgan fingerprint density at radius 1 is 1.04 bits per heavy atom. The molecule has 1 aromatic heterocycles. The van der Waals surface area contributed by atoms with Crippen molar-refractivity contribution in [2.45, 2.75) is 52.9 Å². The minimum absolute atomic E-state index is 0.293. The van der Waals surface area contributed by atoms with E-state index in [-0.39, 0.29) is 0 Å². The fraction of sp³-hybridized carbons (Fsp3) is 0.737. The standard InChI is InChI=1S/C19H28N4O/c1-13-14(2)20-15(3)21-17(13)22-10-6-19(7-11-22)12-16(19)18(24)23-8-4-5-9-23/h16H,4-12H2,1-3H3/t16-/m1/s1. The Hall–Kier alpha value is -1.65. The van der Waals surface area contributed by atoms with Crippen LogP contribution in [0.5, 0.6) is 0 Å². The van der Waals surface area contributed by atoms with Crippen molar-refractivity contribution >= 4 is 11.7 Å². The maximum Gasteiger partial charge on any atom is 0.226 e. The van der Waals surface area contributed by atoms with Crippen molar-refractivity contribution in [1.82, 2.24) is 14.9 Å². The maximum absolute atomic E-state index is 12.7. The van der Waals surface area contributed by atoms with E-state index in [9.17, 15) is 4.79 Å². The van der Waals surface area contributed by atoms with Crippen LogP contribution in [-0.2, 0) is 4.79 Å². The summed E-state index contributed by atoms with van der Waals surface area (Å²) in [6.45, 7) is 10.1. The van der Waals surface area contributed by atoms with Gasteiger partial charge in [0, 0.05) is 43.4 Å². The summed E-state index contributed by atoms with van der Waals surface area (Å²) in [6.07, 6.45) is 5.73. The van der Waals surface area contributed by atoms with E-state index in [0.717, 1.165) is 62.8 Å². The third-order valence-electron chi connectivity index (χ3n) is 6.44. The Kier molecular flexibility index (Phi) is 3.77. The first kappa shape index (κ1) is 15.9. The zero-order valence-electron chi connectivity index (χ0n) is 15.1. The Morgan fingerprint density at radius 3 is 2.38 bits per heavy atom. The Morgan fingerprint density at radius 2 is 1.71 bits per heavy atom. The lowest BCUT2D eigenvalue weighted by Crippen LogP contribution is -2.38. The van der Waals surface area contributed by atoms with Crippen LogP contribution < -0.4 is 4.90 Å². The number of rotatable bonds is 2. The highest BCUT2D eigenvalue weighted by atomic mass is 16.2. The summed E-state index contributed by atoms with van der Waals surface area (Å²) in [5, 5.41) is 0. The number of amides is 1. The van der Waals surface area contributed by atoms with Gasteiger partial charge in [-0.2, -0.15) is 0 Å². The number of carbonyl (C=O) groups is 1. The van der Waals surface area contributed by atoms with Crippen molar-refractivity contribution in [3.8, 4) is 0 Å². The van der Waals surface area contributed by atoms with E-state index in [0.29, 0.717) is 17.2 Å². The monoisotopic (exact) mass is 328 g/mol. The molecule has 1 aromatic rings. The molecule has 130 valence electrons. The van der Waals surface area contributed by atoms with E-state index in [1.807, 2.05) is 6.92 Å². The van der Waals surface area contributed by atoms with Gasteiger partial charge in [-0.05, 0) is 58.3 Å². The average molecular weight is 328 g/mol. The molecular weight excluding hydrogens is 300 g/mol. The summed E-state index contributed by atoms with van der Waals surface area (Å²) >= 11 is 0. The lowest BCUT2D eigenvalue weighted by molar-refractivity contribution is -0.132. The van der Waals surface area contributed by atoms with Crippen molar-refractivity contribution in [3.63, 3.8) is 0 Å². The number of likely N-dealkylation sites (tertiary alicyclic amines) is 1. The summed E-state index contributed by atoms with van der Waals surface area (Å²) in [6, 6.07) is 0. The SMILES string of the molecule is Cc1nc(C)c(C)c(N2CCC3(CC2)C[C@@H]3C(=O)N2CCCC2)n1. The van der Waals surface area contributed by atoms with Crippen molar-refractivity contribution in [3.05, 3.63) is 17.1 Å². The van der Waals surface area contributed by atoms with Crippen molar-refractivity contribution in [2.24, 2.45) is 11.3 Å². The largest absolute Gasteiger partial charge is 0.356 e. The van der Waals surface area contributed by atoms with E-state index in [1.165, 1.54) is 18.4 Å². The van der Waals surface area contributed by atoms with Crippen LogP contribution in [-0.4, -0.2) is 47.0 Å². The number of carbonyl (C=O) groups excluding carboxylic acids is 1. The molecule has 2 aliphatic heterocycles. The normalized spacial score (nSPS) is 25.4. The van der Waals surface area contributed by atoms with Crippen LogP contribution in [0.25, 0.3) is 0 Å². The minimum atomic E-state index is 0.293. The first-order chi connectivity index (χ1) is 11.5. The number of anilines is 1. The molecule has 3 aliphatic rings. The number of aryl methyl sites for hydroxylation is 2. The molecule has 5 nitrogen and oxygen atoms in total. The molecule has 0 bridgehead atoms. The van der Waals surface area contributed by atoms with Gasteiger partial charge in [-0.3, -0.25) is 4.79 Å². The predicted octanol–water partition coefficient (Wildman–Crippen LogP) is 2.63. The Bertz CT molecular complexity index is 658. The first-order valence-corrected chi connectivity index (χ1v) is 9.36. The van der Waals surface area contributed by atoms with Gasteiger partial charge in [0.05, 0.1) is 0 Å². The van der Waals surface area contributed by atoms with Crippen LogP contribution in [0.3, 0.4) is 0 Å². The van der Waals surface area contributed by atoms with Crippen LogP contribution in [0.15, 0.2) is 0 Å². The topological polar surface area (TPSA) is 49.3 Å². The van der Waals surface area contributed by atoms with Gasteiger partial charge in [0.15, 0.2) is 0 Å². The van der Waals surface area contributed by atoms with E-state index in [1.54, 1.807) is 0 Å². The van der Waals surface area contributed by atoms with Gasteiger partial charge in [0.1, 0.15) is 11.6 Å². The smallest absolute Gasteiger partial charge is 0.226 e. The number of aromatic nitrogens is 2. The average Bonchev–Trinajstić information content (AvgIpc) is 3.00. The Balaban J connectivity index is 1.42. The van der Waals surface area contributed by atoms with Crippen LogP contribution in [0.2, 0.25) is 0 Å². The number of nitrogens with zero attached hydrogens (tertiary/aromatic N) is 4. The second kappa shape index (κ2) is 5.71. The molecule has 0 aromatic carbocycles. The molecule has 5 heteroatoms. The summed E-state index contributed by atoms with van der Waals surface area (Å²) in [4.78, 5) is 26.3. The van der Waals surface area contributed by atoms with Gasteiger partial charge in [-0.25, -0.2) is 9.97 Å². The first-order valence-electron chi connectivity index (χ1n) is 9.36. The third-order valence-corrected chi connectivity index (χ3v) is 6.44. The van der Waals surface area contributed by atoms with Gasteiger partial charge in [0.2, 0.25) is 5.91 Å². The quantitative estimate of drug-likeness (QED) is 0.837. The van der Waals surface area contributed by atoms with E-state index >= 15 is 0 Å². The van der Waals surface area contributed by atoms with E-state index in [4.69, 9.17) is 0 Å². The number of piperidine rings is 1. The van der Waals surface area contributed by atoms with Crippen LogP contribution in [0, 0.1) is 32.1 Å². The maximum atomic E-state index is 12.7. The molecule has 1 aliphatic carbocycles. The molecule has 1 saturated carbocycles. The van der Waals surface area contributed by atoms with Gasteiger partial charge in [0.25, 0.3) is 0 Å². The van der Waals surface area contributed by atoms with Gasteiger partial charge in [-0.1, -0.05) is 0 Å². The predicted molar refractivity (Wildman–Crippen MR) is 94.0 cm³/mol. The van der Waals surface area contributed by atoms with Crippen molar-refractivity contribution in [2.75, 3.05) is 31.1 Å². The third kappa shape index (κ3) is 2.58. The highest BCUT2D eigenvalue weighted by Crippen LogP contribution is 2.60. The highest BCUT2D eigenvalue weighted by Gasteiger charge is 2.59. The minimum Gasteiger partial charge on any atom is -0.356 e. The zero-order valence-corrected chi connectivity index (χ0v) is 15.1. The van der Waals surface area contributed by atoms with Crippen molar-refractivity contribution in [1.29, 1.82) is 0 Å². The zero-order chi connectivity index (χ0) is 16.9. The molecular formula is C19H28N4O. The lowest BCUT2D eigenvalue weighted by atomic mass is 9.90.